The molecule has 0 saturated heterocycles. The first-order valence-electron chi connectivity index (χ1n) is 5.77. The number of carbonyl (C=O) groups excluding carboxylic acids is 1. The Labute approximate surface area is 102 Å². The van der Waals surface area contributed by atoms with Gasteiger partial charge in [0.15, 0.2) is 6.29 Å². The number of benzene rings is 1. The quantitative estimate of drug-likeness (QED) is 0.742. The molecule has 0 N–H and O–H groups in total. The Balaban J connectivity index is 0.000000686. The molecule has 1 heterocycles. The maximum atomic E-state index is 10.9. The van der Waals surface area contributed by atoms with Gasteiger partial charge in [-0.2, -0.15) is 0 Å². The van der Waals surface area contributed by atoms with Gasteiger partial charge in [-0.15, -0.1) is 0 Å². The monoisotopic (exact) mass is 230 g/mol. The Morgan fingerprint density at radius 2 is 1.94 bits per heavy atom. The number of aryl methyl sites for hydroxylation is 2. The molecule has 0 unspecified atom stereocenters. The Kier molecular flexibility index (Phi) is 4.64. The Hall–Kier alpha value is -1.90. The molecule has 0 fully saturated rings. The molecule has 0 aliphatic heterocycles. The lowest BCUT2D eigenvalue weighted by Gasteiger charge is -2.05. The zero-order valence-corrected chi connectivity index (χ0v) is 10.8. The number of nitrogens with zero attached hydrogens (tertiary/aromatic N) is 2. The van der Waals surface area contributed by atoms with Crippen LogP contribution in [0.5, 0.6) is 0 Å². The molecule has 3 heteroatoms. The molecule has 0 saturated carbocycles. The van der Waals surface area contributed by atoms with E-state index in [1.807, 2.05) is 56.7 Å². The van der Waals surface area contributed by atoms with E-state index in [1.165, 1.54) is 0 Å². The summed E-state index contributed by atoms with van der Waals surface area (Å²) in [5.41, 5.74) is 3.58. The summed E-state index contributed by atoms with van der Waals surface area (Å²) >= 11 is 0. The smallest absolute Gasteiger partial charge is 0.152 e. The third-order valence-corrected chi connectivity index (χ3v) is 2.30. The minimum atomic E-state index is 0.687. The van der Waals surface area contributed by atoms with E-state index >= 15 is 0 Å². The summed E-state index contributed by atoms with van der Waals surface area (Å²) < 4.78 is 1.86. The summed E-state index contributed by atoms with van der Waals surface area (Å²) in [6.45, 7) is 7.89. The molecule has 0 amide bonds. The van der Waals surface area contributed by atoms with Crippen LogP contribution in [0.2, 0.25) is 0 Å². The first-order chi connectivity index (χ1) is 8.20. The molecule has 0 radical (unpaired) electrons. The molecule has 0 spiro atoms. The van der Waals surface area contributed by atoms with Crippen molar-refractivity contribution >= 4 is 6.29 Å². The second kappa shape index (κ2) is 5.99. The van der Waals surface area contributed by atoms with Gasteiger partial charge in [0.05, 0.1) is 17.7 Å². The van der Waals surface area contributed by atoms with E-state index in [0.717, 1.165) is 23.2 Å². The molecule has 17 heavy (non-hydrogen) atoms. The highest BCUT2D eigenvalue weighted by molar-refractivity contribution is 5.81. The standard InChI is InChI=1S/C12H12N2O.C2H6/c1-9-3-4-12(11(5-9)7-15)14-6-10(2)13-8-14;1-2/h3-8H,1-2H3;1-2H3. The van der Waals surface area contributed by atoms with Crippen molar-refractivity contribution in [3.8, 4) is 5.69 Å². The molecular weight excluding hydrogens is 212 g/mol. The highest BCUT2D eigenvalue weighted by Crippen LogP contribution is 2.15. The van der Waals surface area contributed by atoms with Crippen LogP contribution in [0.15, 0.2) is 30.7 Å². The molecule has 90 valence electrons. The first-order valence-corrected chi connectivity index (χ1v) is 5.77. The van der Waals surface area contributed by atoms with Crippen molar-refractivity contribution < 1.29 is 4.79 Å². The molecule has 0 aliphatic carbocycles. The summed E-state index contributed by atoms with van der Waals surface area (Å²) in [5, 5.41) is 0. The Bertz CT molecular complexity index is 501. The number of aromatic nitrogens is 2. The van der Waals surface area contributed by atoms with E-state index in [1.54, 1.807) is 6.33 Å². The van der Waals surface area contributed by atoms with Gasteiger partial charge < -0.3 is 4.57 Å². The van der Waals surface area contributed by atoms with Gasteiger partial charge in [0, 0.05) is 11.8 Å². The molecule has 0 atom stereocenters. The van der Waals surface area contributed by atoms with Crippen LogP contribution in [0.25, 0.3) is 5.69 Å². The number of carbonyl (C=O) groups is 1. The van der Waals surface area contributed by atoms with Crippen LogP contribution in [0.4, 0.5) is 0 Å². The molecule has 1 aromatic heterocycles. The van der Waals surface area contributed by atoms with Crippen LogP contribution >= 0.6 is 0 Å². The number of rotatable bonds is 2. The summed E-state index contributed by atoms with van der Waals surface area (Å²) in [7, 11) is 0. The number of aldehydes is 1. The first kappa shape index (κ1) is 13.2. The van der Waals surface area contributed by atoms with Gasteiger partial charge in [0.25, 0.3) is 0 Å². The van der Waals surface area contributed by atoms with E-state index in [-0.39, 0.29) is 0 Å². The molecule has 1 aromatic carbocycles. The minimum Gasteiger partial charge on any atom is -0.305 e. The Morgan fingerprint density at radius 1 is 1.24 bits per heavy atom. The molecule has 3 nitrogen and oxygen atoms in total. The SMILES string of the molecule is CC.Cc1ccc(-n2cnc(C)c2)c(C=O)c1. The third-order valence-electron chi connectivity index (χ3n) is 2.30. The summed E-state index contributed by atoms with van der Waals surface area (Å²) in [5.74, 6) is 0. The van der Waals surface area contributed by atoms with Crippen LogP contribution in [0.3, 0.4) is 0 Å². The summed E-state index contributed by atoms with van der Waals surface area (Å²) in [4.78, 5) is 15.1. The molecule has 2 rings (SSSR count). The summed E-state index contributed by atoms with van der Waals surface area (Å²) in [6.07, 6.45) is 4.49. The van der Waals surface area contributed by atoms with Crippen molar-refractivity contribution in [2.45, 2.75) is 27.7 Å². The molecular formula is C14H18N2O. The topological polar surface area (TPSA) is 34.9 Å². The van der Waals surface area contributed by atoms with Gasteiger partial charge in [-0.3, -0.25) is 4.79 Å². The third kappa shape index (κ3) is 3.03. The van der Waals surface area contributed by atoms with Gasteiger partial charge in [0.1, 0.15) is 0 Å². The maximum absolute atomic E-state index is 10.9. The van der Waals surface area contributed by atoms with Crippen molar-refractivity contribution in [2.75, 3.05) is 0 Å². The second-order valence-corrected chi connectivity index (χ2v) is 3.60. The number of hydrogen-bond donors (Lipinski definition) is 0. The lowest BCUT2D eigenvalue weighted by molar-refractivity contribution is 0.112. The van der Waals surface area contributed by atoms with E-state index in [4.69, 9.17) is 0 Å². The lowest BCUT2D eigenvalue weighted by Crippen LogP contribution is -1.96. The van der Waals surface area contributed by atoms with E-state index in [2.05, 4.69) is 4.98 Å². The largest absolute Gasteiger partial charge is 0.305 e. The molecule has 0 bridgehead atoms. The predicted molar refractivity (Wildman–Crippen MR) is 69.8 cm³/mol. The van der Waals surface area contributed by atoms with Gasteiger partial charge in [0.2, 0.25) is 0 Å². The van der Waals surface area contributed by atoms with Crippen LogP contribution in [0.1, 0.15) is 35.5 Å². The molecule has 2 aromatic rings. The van der Waals surface area contributed by atoms with Gasteiger partial charge in [-0.1, -0.05) is 25.5 Å². The summed E-state index contributed by atoms with van der Waals surface area (Å²) in [6, 6.07) is 5.79. The fourth-order valence-corrected chi connectivity index (χ4v) is 1.56. The zero-order chi connectivity index (χ0) is 12.8. The minimum absolute atomic E-state index is 0.687. The van der Waals surface area contributed by atoms with Gasteiger partial charge in [-0.05, 0) is 26.0 Å². The lowest BCUT2D eigenvalue weighted by atomic mass is 10.1. The van der Waals surface area contributed by atoms with Crippen LogP contribution in [-0.2, 0) is 0 Å². The van der Waals surface area contributed by atoms with Gasteiger partial charge in [-0.25, -0.2) is 4.98 Å². The van der Waals surface area contributed by atoms with E-state index in [0.29, 0.717) is 5.56 Å². The number of imidazole rings is 1. The van der Waals surface area contributed by atoms with Crippen LogP contribution in [-0.4, -0.2) is 15.8 Å². The predicted octanol–water partition coefficient (Wildman–Crippen LogP) is 3.33. The normalized spacial score (nSPS) is 9.41. The van der Waals surface area contributed by atoms with Crippen LogP contribution < -0.4 is 0 Å². The average Bonchev–Trinajstić information content (AvgIpc) is 2.78. The van der Waals surface area contributed by atoms with Crippen molar-refractivity contribution in [1.82, 2.24) is 9.55 Å². The van der Waals surface area contributed by atoms with Gasteiger partial charge >= 0.3 is 0 Å². The van der Waals surface area contributed by atoms with E-state index in [9.17, 15) is 4.79 Å². The Morgan fingerprint density at radius 3 is 2.47 bits per heavy atom. The van der Waals surface area contributed by atoms with Crippen LogP contribution in [0, 0.1) is 13.8 Å². The fraction of sp³-hybridized carbons (Fsp3) is 0.286. The van der Waals surface area contributed by atoms with Crippen molar-refractivity contribution in [3.63, 3.8) is 0 Å². The highest BCUT2D eigenvalue weighted by atomic mass is 16.1. The zero-order valence-electron chi connectivity index (χ0n) is 10.8. The van der Waals surface area contributed by atoms with Crippen molar-refractivity contribution in [3.05, 3.63) is 47.5 Å². The molecule has 0 aliphatic rings. The highest BCUT2D eigenvalue weighted by Gasteiger charge is 2.04. The second-order valence-electron chi connectivity index (χ2n) is 3.60. The maximum Gasteiger partial charge on any atom is 0.152 e. The fourth-order valence-electron chi connectivity index (χ4n) is 1.56. The number of hydrogen-bond acceptors (Lipinski definition) is 2. The van der Waals surface area contributed by atoms with Crippen molar-refractivity contribution in [1.29, 1.82) is 0 Å². The van der Waals surface area contributed by atoms with E-state index < -0.39 is 0 Å². The van der Waals surface area contributed by atoms with Crippen molar-refractivity contribution in [2.24, 2.45) is 0 Å². The average molecular weight is 230 g/mol.